The van der Waals surface area contributed by atoms with Crippen molar-refractivity contribution in [3.8, 4) is 5.75 Å². The van der Waals surface area contributed by atoms with E-state index in [2.05, 4.69) is 55.4 Å². The average molecular weight is 2040 g/mol. The smallest absolute Gasteiger partial charge is 0.326 e. The zero-order chi connectivity index (χ0) is 109. The number of esters is 12. The minimum absolute atomic E-state index is 0.0101. The molecule has 0 spiro atoms. The quantitative estimate of drug-likeness (QED) is 0.0295. The molecule has 12 saturated carbocycles. The van der Waals surface area contributed by atoms with Gasteiger partial charge in [0, 0.05) is 73.0 Å². The topological polar surface area (TPSA) is 364 Å². The Bertz CT molecular complexity index is 4480. The van der Waals surface area contributed by atoms with Gasteiger partial charge in [0.25, 0.3) is 0 Å². The number of ether oxygens (including phenoxy) is 15. The Hall–Kier alpha value is -7.46. The number of hydrogen-bond donors (Lipinski definition) is 1. The first-order valence-electron chi connectivity index (χ1n) is 55.2. The zero-order valence-electron chi connectivity index (χ0n) is 94.9. The lowest BCUT2D eigenvalue weighted by Gasteiger charge is -2.60. The molecule has 12 bridgehead atoms. The number of phenols is 1. The molecule has 145 heavy (non-hydrogen) atoms. The molecule has 26 atom stereocenters. The molecule has 4 saturated heterocycles. The second kappa shape index (κ2) is 46.0. The third-order valence-corrected chi connectivity index (χ3v) is 34.9. The average Bonchev–Trinajstić information content (AvgIpc) is 1.52. The van der Waals surface area contributed by atoms with E-state index in [-0.39, 0.29) is 160 Å². The van der Waals surface area contributed by atoms with Gasteiger partial charge in [0.15, 0.2) is 5.41 Å². The van der Waals surface area contributed by atoms with E-state index in [0.717, 1.165) is 109 Å². The van der Waals surface area contributed by atoms with Crippen LogP contribution in [-0.4, -0.2) is 168 Å². The van der Waals surface area contributed by atoms with Gasteiger partial charge in [0.1, 0.15) is 60.2 Å². The minimum Gasteiger partial charge on any atom is -0.508 e. The van der Waals surface area contributed by atoms with Crippen molar-refractivity contribution in [1.29, 1.82) is 0 Å². The summed E-state index contributed by atoms with van der Waals surface area (Å²) in [5.41, 5.74) is -4.04. The number of benzene rings is 1. The molecule has 1 aromatic rings. The molecule has 0 amide bonds. The predicted octanol–water partition coefficient (Wildman–Crippen LogP) is 22.9. The number of carbonyl (C=O) groups excluding carboxylic acids is 12. The van der Waals surface area contributed by atoms with E-state index in [1.807, 2.05) is 199 Å². The standard InChI is InChI=1S/C26H44O5.C24H38O7.C15H30O3.3C14H20O4.C10H14O/c1-9-24(7,8)21(27)31-26-13-18-10-19(14-26)12-25(11-18,16-26)22(28)30-20(29-17(2)3)15-23(4,5)6;1-9-23(7,8)19(25)30-17-14-10-15-18(17)31-21(27)24(15,11-14)20(26)29-16(28-13(2)3)12-22(4,5)6;1-9-15(7,8)13(16)18-12(17-11(2)3)10-14(4,5)6;3*1-4-14(2,3)13(16)18-10-7-5-8-9(6-7)12(15)17-11(8)10;1-3-8(2)9-4-6-10(11)7-5-9/h17-20H,9-16H2,1-8H3;13-18H,9-12H2,1-8H3;11-12H,9-10H2,1-8H3;3*7-11H,4-6H2,1-3H3;4-8,11H,3H2,1-2H3. The molecule has 1 N–H and O–H groups in total. The van der Waals surface area contributed by atoms with Gasteiger partial charge >= 0.3 is 71.6 Å². The van der Waals surface area contributed by atoms with Crippen LogP contribution in [0.2, 0.25) is 0 Å². The Morgan fingerprint density at radius 2 is 0.683 bits per heavy atom. The van der Waals surface area contributed by atoms with E-state index < -0.39 is 91.9 Å². The highest BCUT2D eigenvalue weighted by atomic mass is 16.7. The van der Waals surface area contributed by atoms with Crippen molar-refractivity contribution in [1.82, 2.24) is 0 Å². The molecule has 0 aromatic heterocycles. The Morgan fingerprint density at radius 1 is 0.366 bits per heavy atom. The number of rotatable bonds is 33. The fourth-order valence-electron chi connectivity index (χ4n) is 24.0. The van der Waals surface area contributed by atoms with Crippen LogP contribution < -0.4 is 0 Å². The van der Waals surface area contributed by atoms with Gasteiger partial charge in [-0.15, -0.1) is 0 Å². The second-order valence-corrected chi connectivity index (χ2v) is 53.8. The molecular formula is C117H186O28. The van der Waals surface area contributed by atoms with E-state index in [1.165, 1.54) is 5.56 Å². The van der Waals surface area contributed by atoms with Crippen molar-refractivity contribution < 1.29 is 134 Å². The summed E-state index contributed by atoms with van der Waals surface area (Å²) in [6.45, 7) is 69.5. The van der Waals surface area contributed by atoms with Gasteiger partial charge in [-0.2, -0.15) is 0 Å². The molecule has 16 aliphatic rings. The maximum atomic E-state index is 13.6. The molecule has 0 radical (unpaired) electrons. The Labute approximate surface area is 866 Å². The van der Waals surface area contributed by atoms with Crippen LogP contribution in [0.4, 0.5) is 0 Å². The van der Waals surface area contributed by atoms with Gasteiger partial charge < -0.3 is 76.2 Å². The van der Waals surface area contributed by atoms with Crippen LogP contribution in [0.1, 0.15) is 408 Å². The Morgan fingerprint density at radius 3 is 1.01 bits per heavy atom. The fourth-order valence-corrected chi connectivity index (χ4v) is 24.0. The molecule has 4 aliphatic heterocycles. The van der Waals surface area contributed by atoms with Gasteiger partial charge in [0.05, 0.1) is 74.0 Å². The SMILES string of the molecule is CCC(C)(C)C(=O)OC(CC(C)(C)C)OC(C)C.CCC(C)(C)C(=O)OC12CC3CC(C1)CC(C(=O)OC(CC(C)(C)C)OC(C)C)(C3)C2.CCC(C)(C)C(=O)OC1C2CC3C(=O)OC1C3C2.CCC(C)(C)C(=O)OC1C2CC3C(=O)OC1C3C2.CCC(C)(C)C(=O)OC1C2CC3C(=O)OC1C3C2.CCC(C)(C)C(=O)OC1C2CC3C1OC(=O)C3(C(=O)OC(CC(C)(C)C)OC(C)C)C2.CCC(C)c1ccc(O)cc1. The van der Waals surface area contributed by atoms with Crippen LogP contribution in [0.25, 0.3) is 0 Å². The minimum atomic E-state index is -1.31. The van der Waals surface area contributed by atoms with E-state index in [9.17, 15) is 57.5 Å². The zero-order valence-corrected chi connectivity index (χ0v) is 94.9. The van der Waals surface area contributed by atoms with Crippen LogP contribution in [0.15, 0.2) is 24.3 Å². The largest absolute Gasteiger partial charge is 0.508 e. The van der Waals surface area contributed by atoms with E-state index in [0.29, 0.717) is 104 Å². The monoisotopic (exact) mass is 2040 g/mol. The first-order valence-corrected chi connectivity index (χ1v) is 55.2. The lowest BCUT2D eigenvalue weighted by atomic mass is 9.48. The highest BCUT2D eigenvalue weighted by Crippen LogP contribution is 2.66. The summed E-state index contributed by atoms with van der Waals surface area (Å²) < 4.78 is 85.7. The van der Waals surface area contributed by atoms with Gasteiger partial charge in [-0.3, -0.25) is 57.5 Å². The molecule has 17 rings (SSSR count). The summed E-state index contributed by atoms with van der Waals surface area (Å²) >= 11 is 0. The first kappa shape index (κ1) is 119. The number of carbonyl (C=O) groups is 12. The summed E-state index contributed by atoms with van der Waals surface area (Å²) in [7, 11) is 0. The molecule has 26 unspecified atom stereocenters. The van der Waals surface area contributed by atoms with Crippen LogP contribution in [-0.2, 0) is 129 Å². The third-order valence-electron chi connectivity index (χ3n) is 34.9. The molecule has 822 valence electrons. The molecule has 28 heteroatoms. The van der Waals surface area contributed by atoms with E-state index in [1.54, 1.807) is 12.1 Å². The molecule has 4 heterocycles. The van der Waals surface area contributed by atoms with Crippen molar-refractivity contribution in [3.05, 3.63) is 29.8 Å². The van der Waals surface area contributed by atoms with Crippen LogP contribution in [0.5, 0.6) is 5.75 Å². The summed E-state index contributed by atoms with van der Waals surface area (Å²) in [6.07, 6.45) is 15.0. The summed E-state index contributed by atoms with van der Waals surface area (Å²) in [4.78, 5) is 149. The van der Waals surface area contributed by atoms with Crippen molar-refractivity contribution in [2.75, 3.05) is 0 Å². The molecule has 12 aliphatic carbocycles. The van der Waals surface area contributed by atoms with Crippen molar-refractivity contribution in [2.45, 2.75) is 494 Å². The van der Waals surface area contributed by atoms with Crippen LogP contribution in [0.3, 0.4) is 0 Å². The predicted molar refractivity (Wildman–Crippen MR) is 545 cm³/mol. The van der Waals surface area contributed by atoms with Gasteiger partial charge in [-0.1, -0.05) is 130 Å². The van der Waals surface area contributed by atoms with Crippen molar-refractivity contribution >= 4 is 71.6 Å². The fraction of sp³-hybridized carbons (Fsp3) is 0.846. The highest BCUT2D eigenvalue weighted by molar-refractivity contribution is 6.03. The normalized spacial score (nSPS) is 32.3. The molecule has 16 fully saturated rings. The summed E-state index contributed by atoms with van der Waals surface area (Å²) in [5.74, 6) is 0.875. The van der Waals surface area contributed by atoms with Gasteiger partial charge in [-0.25, -0.2) is 0 Å². The number of aromatic hydroxyl groups is 1. The third kappa shape index (κ3) is 27.9. The molecule has 1 aromatic carbocycles. The van der Waals surface area contributed by atoms with Crippen molar-refractivity contribution in [3.63, 3.8) is 0 Å². The lowest BCUT2D eigenvalue weighted by molar-refractivity contribution is -0.234. The lowest BCUT2D eigenvalue weighted by Crippen LogP contribution is -2.60. The summed E-state index contributed by atoms with van der Waals surface area (Å²) in [5, 5.41) is 9.01. The van der Waals surface area contributed by atoms with E-state index >= 15 is 0 Å². The Balaban J connectivity index is 0.000000177. The van der Waals surface area contributed by atoms with Crippen LogP contribution >= 0.6 is 0 Å². The molecule has 28 nitrogen and oxygen atoms in total. The highest BCUT2D eigenvalue weighted by Gasteiger charge is 2.76. The number of phenolic OH excluding ortho intramolecular Hbond substituents is 1. The number of fused-ring (bicyclic) bond motifs is 4. The first-order chi connectivity index (χ1) is 66.9. The van der Waals surface area contributed by atoms with Gasteiger partial charge in [0.2, 0.25) is 18.9 Å². The molecular weight excluding hydrogens is 1850 g/mol. The van der Waals surface area contributed by atoms with E-state index in [4.69, 9.17) is 76.2 Å². The second-order valence-electron chi connectivity index (χ2n) is 53.8. The van der Waals surface area contributed by atoms with Crippen LogP contribution in [0, 0.1) is 136 Å². The van der Waals surface area contributed by atoms with Crippen molar-refractivity contribution in [2.24, 2.45) is 136 Å². The maximum Gasteiger partial charge on any atom is 0.326 e. The van der Waals surface area contributed by atoms with Gasteiger partial charge in [-0.05, 0) is 305 Å². The number of hydrogen-bond acceptors (Lipinski definition) is 28. The Kier molecular flexibility index (Phi) is 37.9. The summed E-state index contributed by atoms with van der Waals surface area (Å²) in [6, 6.07) is 7.43. The maximum absolute atomic E-state index is 13.6.